The summed E-state index contributed by atoms with van der Waals surface area (Å²) < 4.78 is 32.7. The molecule has 0 atom stereocenters. The summed E-state index contributed by atoms with van der Waals surface area (Å²) in [4.78, 5) is 12.6. The highest BCUT2D eigenvalue weighted by atomic mass is 19.3. The molecule has 5 heteroatoms. The highest BCUT2D eigenvalue weighted by Crippen LogP contribution is 2.28. The fraction of sp³-hybridized carbons (Fsp3) is 0.500. The van der Waals surface area contributed by atoms with Crippen LogP contribution in [0.25, 0.3) is 0 Å². The Hall–Kier alpha value is -1.49. The fourth-order valence-electron chi connectivity index (χ4n) is 1.83. The average molecular weight is 271 g/mol. The number of carbonyl (C=O) groups excluding carboxylic acids is 1. The molecule has 1 aromatic carbocycles. The molecule has 0 aliphatic rings. The van der Waals surface area contributed by atoms with Crippen molar-refractivity contribution in [3.05, 3.63) is 35.9 Å². The van der Waals surface area contributed by atoms with Crippen LogP contribution in [0.15, 0.2) is 30.3 Å². The number of ether oxygens (including phenoxy) is 1. The van der Waals surface area contributed by atoms with Crippen molar-refractivity contribution in [1.29, 1.82) is 0 Å². The smallest absolute Gasteiger partial charge is 0.319 e. The number of hydrogen-bond donors (Lipinski definition) is 0. The molecule has 0 heterocycles. The molecule has 1 rings (SSSR count). The first-order valence-corrected chi connectivity index (χ1v) is 6.22. The Morgan fingerprint density at radius 2 is 1.95 bits per heavy atom. The van der Waals surface area contributed by atoms with Crippen LogP contribution < -0.4 is 0 Å². The highest BCUT2D eigenvalue weighted by Gasteiger charge is 2.34. The summed E-state index contributed by atoms with van der Waals surface area (Å²) in [7, 11) is 1.25. The minimum absolute atomic E-state index is 0.0408. The zero-order chi connectivity index (χ0) is 14.3. The van der Waals surface area contributed by atoms with Gasteiger partial charge in [-0.3, -0.25) is 9.69 Å². The van der Waals surface area contributed by atoms with Gasteiger partial charge < -0.3 is 4.74 Å². The maximum atomic E-state index is 14.1. The van der Waals surface area contributed by atoms with Crippen LogP contribution in [-0.2, 0) is 15.5 Å². The summed E-state index contributed by atoms with van der Waals surface area (Å²) in [5.74, 6) is -3.48. The summed E-state index contributed by atoms with van der Waals surface area (Å²) >= 11 is 0. The first-order chi connectivity index (χ1) is 8.99. The molecule has 0 N–H and O–H groups in total. The molecule has 0 spiro atoms. The molecule has 1 aromatic rings. The van der Waals surface area contributed by atoms with Gasteiger partial charge in [-0.1, -0.05) is 37.3 Å². The molecule has 0 radical (unpaired) electrons. The fourth-order valence-corrected chi connectivity index (χ4v) is 1.83. The van der Waals surface area contributed by atoms with Crippen molar-refractivity contribution >= 4 is 5.97 Å². The molecule has 0 amide bonds. The van der Waals surface area contributed by atoms with Gasteiger partial charge in [0.15, 0.2) is 0 Å². The maximum absolute atomic E-state index is 14.1. The second-order valence-corrected chi connectivity index (χ2v) is 4.36. The zero-order valence-electron chi connectivity index (χ0n) is 11.2. The predicted molar refractivity (Wildman–Crippen MR) is 69.1 cm³/mol. The Morgan fingerprint density at radius 3 is 2.47 bits per heavy atom. The van der Waals surface area contributed by atoms with Crippen LogP contribution in [0.1, 0.15) is 18.9 Å². The van der Waals surface area contributed by atoms with E-state index in [0.29, 0.717) is 13.0 Å². The largest absolute Gasteiger partial charge is 0.468 e. The van der Waals surface area contributed by atoms with Crippen molar-refractivity contribution in [3.8, 4) is 0 Å². The molecule has 0 unspecified atom stereocenters. The van der Waals surface area contributed by atoms with E-state index in [2.05, 4.69) is 4.74 Å². The van der Waals surface area contributed by atoms with Crippen molar-refractivity contribution in [1.82, 2.24) is 4.90 Å². The number of benzene rings is 1. The van der Waals surface area contributed by atoms with E-state index in [1.54, 1.807) is 18.2 Å². The summed E-state index contributed by atoms with van der Waals surface area (Å²) in [6, 6.07) is 7.63. The van der Waals surface area contributed by atoms with Gasteiger partial charge in [0.05, 0.1) is 20.2 Å². The van der Waals surface area contributed by atoms with Crippen LogP contribution in [0.2, 0.25) is 0 Å². The van der Waals surface area contributed by atoms with Gasteiger partial charge >= 0.3 is 5.97 Å². The van der Waals surface area contributed by atoms with Crippen LogP contribution in [0.5, 0.6) is 0 Å². The molecule has 106 valence electrons. The number of halogens is 2. The number of nitrogens with zero attached hydrogens (tertiary/aromatic N) is 1. The summed E-state index contributed by atoms with van der Waals surface area (Å²) in [6.07, 6.45) is 0.696. The van der Waals surface area contributed by atoms with Gasteiger partial charge in [0.25, 0.3) is 5.92 Å². The molecule has 0 fully saturated rings. The number of alkyl halides is 2. The molecule has 3 nitrogen and oxygen atoms in total. The maximum Gasteiger partial charge on any atom is 0.319 e. The van der Waals surface area contributed by atoms with Crippen LogP contribution in [0.3, 0.4) is 0 Å². The lowest BCUT2D eigenvalue weighted by Crippen LogP contribution is -2.39. The zero-order valence-corrected chi connectivity index (χ0v) is 11.2. The van der Waals surface area contributed by atoms with Crippen molar-refractivity contribution in [2.75, 3.05) is 26.7 Å². The molecule has 0 saturated heterocycles. The molecule has 0 saturated carbocycles. The standard InChI is InChI=1S/C14H19F2NO2/c1-3-9-17(10-13(18)19-2)11-14(15,16)12-7-5-4-6-8-12/h4-8H,3,9-11H2,1-2H3. The van der Waals surface area contributed by atoms with Crippen molar-refractivity contribution in [3.63, 3.8) is 0 Å². The van der Waals surface area contributed by atoms with Gasteiger partial charge in [0.2, 0.25) is 0 Å². The van der Waals surface area contributed by atoms with E-state index >= 15 is 0 Å². The van der Waals surface area contributed by atoms with Gasteiger partial charge in [-0.2, -0.15) is 8.78 Å². The van der Waals surface area contributed by atoms with Gasteiger partial charge in [-0.15, -0.1) is 0 Å². The van der Waals surface area contributed by atoms with Crippen molar-refractivity contribution < 1.29 is 18.3 Å². The van der Waals surface area contributed by atoms with Crippen molar-refractivity contribution in [2.45, 2.75) is 19.3 Å². The van der Waals surface area contributed by atoms with Gasteiger partial charge in [0, 0.05) is 5.56 Å². The van der Waals surface area contributed by atoms with Crippen LogP contribution in [-0.4, -0.2) is 37.6 Å². The number of carbonyl (C=O) groups is 1. The van der Waals surface area contributed by atoms with Crippen molar-refractivity contribution in [2.24, 2.45) is 0 Å². The molecular weight excluding hydrogens is 252 g/mol. The molecule has 0 aromatic heterocycles. The third-order valence-electron chi connectivity index (χ3n) is 2.74. The second-order valence-electron chi connectivity index (χ2n) is 4.36. The van der Waals surface area contributed by atoms with E-state index in [-0.39, 0.29) is 12.1 Å². The van der Waals surface area contributed by atoms with Crippen LogP contribution >= 0.6 is 0 Å². The minimum atomic E-state index is -2.98. The number of esters is 1. The van der Waals surface area contributed by atoms with E-state index in [1.165, 1.54) is 24.1 Å². The SMILES string of the molecule is CCCN(CC(=O)OC)CC(F)(F)c1ccccc1. The van der Waals surface area contributed by atoms with E-state index in [9.17, 15) is 13.6 Å². The topological polar surface area (TPSA) is 29.5 Å². The number of hydrogen-bond acceptors (Lipinski definition) is 3. The molecule has 0 aliphatic carbocycles. The third-order valence-corrected chi connectivity index (χ3v) is 2.74. The number of methoxy groups -OCH3 is 1. The highest BCUT2D eigenvalue weighted by molar-refractivity contribution is 5.71. The van der Waals surface area contributed by atoms with Gasteiger partial charge in [-0.25, -0.2) is 0 Å². The lowest BCUT2D eigenvalue weighted by molar-refractivity contribution is -0.143. The quantitative estimate of drug-likeness (QED) is 0.714. The Bertz CT molecular complexity index is 396. The van der Waals surface area contributed by atoms with Gasteiger partial charge in [0.1, 0.15) is 0 Å². The first kappa shape index (κ1) is 15.6. The van der Waals surface area contributed by atoms with E-state index in [0.717, 1.165) is 0 Å². The van der Waals surface area contributed by atoms with E-state index < -0.39 is 18.4 Å². The predicted octanol–water partition coefficient (Wildman–Crippen LogP) is 2.66. The molecule has 0 aliphatic heterocycles. The Labute approximate surface area is 112 Å². The summed E-state index contributed by atoms with van der Waals surface area (Å²) in [6.45, 7) is 1.70. The lowest BCUT2D eigenvalue weighted by atomic mass is 10.1. The average Bonchev–Trinajstić information content (AvgIpc) is 2.39. The minimum Gasteiger partial charge on any atom is -0.468 e. The molecule has 19 heavy (non-hydrogen) atoms. The Kier molecular flexibility index (Phi) is 5.89. The third kappa shape index (κ3) is 4.95. The summed E-state index contributed by atoms with van der Waals surface area (Å²) in [5.41, 5.74) is -0.0408. The van der Waals surface area contributed by atoms with E-state index in [1.807, 2.05) is 6.92 Å². The number of rotatable bonds is 7. The monoisotopic (exact) mass is 271 g/mol. The van der Waals surface area contributed by atoms with E-state index in [4.69, 9.17) is 0 Å². The summed E-state index contributed by atoms with van der Waals surface area (Å²) in [5, 5.41) is 0. The molecule has 0 bridgehead atoms. The Balaban J connectivity index is 2.74. The second kappa shape index (κ2) is 7.19. The first-order valence-electron chi connectivity index (χ1n) is 6.22. The lowest BCUT2D eigenvalue weighted by Gasteiger charge is -2.26. The van der Waals surface area contributed by atoms with Crippen LogP contribution in [0.4, 0.5) is 8.78 Å². The normalized spacial score (nSPS) is 11.6. The van der Waals surface area contributed by atoms with Gasteiger partial charge in [-0.05, 0) is 13.0 Å². The molecular formula is C14H19F2NO2. The Morgan fingerprint density at radius 1 is 1.32 bits per heavy atom. The van der Waals surface area contributed by atoms with Crippen LogP contribution in [0, 0.1) is 0 Å².